The van der Waals surface area contributed by atoms with Gasteiger partial charge in [0, 0.05) is 0 Å². The second-order valence-corrected chi connectivity index (χ2v) is 7.94. The van der Waals surface area contributed by atoms with Gasteiger partial charge in [0.05, 0.1) is 0 Å². The van der Waals surface area contributed by atoms with Crippen molar-refractivity contribution >= 4 is 0 Å². The molecule has 0 aliphatic rings. The van der Waals surface area contributed by atoms with Crippen LogP contribution in [0, 0.1) is 55.4 Å². The van der Waals surface area contributed by atoms with E-state index in [4.69, 9.17) is 0 Å². The van der Waals surface area contributed by atoms with Gasteiger partial charge in [0.1, 0.15) is 0 Å². The summed E-state index contributed by atoms with van der Waals surface area (Å²) in [6.45, 7) is 23.3. The molecule has 1 heteroatoms. The maximum absolute atomic E-state index is 3.76. The van der Waals surface area contributed by atoms with E-state index in [-0.39, 0.29) is 26.2 Å². The molecule has 0 aliphatic carbocycles. The zero-order valence-corrected chi connectivity index (χ0v) is 23.0. The SMILES string of the molecule is [CH2-]c1ccc(C)cc1.[CH2-]c1ccc(C)cc1.[CH2-]c1ccc(C)cc1.[CH2-]c1ccc(C)cc1.[Zr+4]. The maximum Gasteiger partial charge on any atom is 4.00 e. The fourth-order valence-electron chi connectivity index (χ4n) is 2.35. The first kappa shape index (κ1) is 30.2. The molecule has 4 aromatic rings. The summed E-state index contributed by atoms with van der Waals surface area (Å²) in [7, 11) is 0. The molecule has 0 amide bonds. The number of hydrogen-bond acceptors (Lipinski definition) is 0. The van der Waals surface area contributed by atoms with E-state index >= 15 is 0 Å². The Morgan fingerprint density at radius 2 is 0.424 bits per heavy atom. The molecule has 0 spiro atoms. The van der Waals surface area contributed by atoms with E-state index < -0.39 is 0 Å². The molecule has 0 bridgehead atoms. The van der Waals surface area contributed by atoms with Gasteiger partial charge >= 0.3 is 26.2 Å². The summed E-state index contributed by atoms with van der Waals surface area (Å²) in [4.78, 5) is 0. The third kappa shape index (κ3) is 15.6. The van der Waals surface area contributed by atoms with Crippen molar-refractivity contribution in [3.8, 4) is 0 Å². The first-order chi connectivity index (χ1) is 15.2. The average molecular weight is 512 g/mol. The summed E-state index contributed by atoms with van der Waals surface area (Å²) >= 11 is 0. The summed E-state index contributed by atoms with van der Waals surface area (Å²) in [6.07, 6.45) is 0. The van der Waals surface area contributed by atoms with Crippen molar-refractivity contribution in [2.45, 2.75) is 27.7 Å². The van der Waals surface area contributed by atoms with E-state index in [9.17, 15) is 0 Å². The number of rotatable bonds is 0. The summed E-state index contributed by atoms with van der Waals surface area (Å²) in [5, 5.41) is 0. The van der Waals surface area contributed by atoms with Gasteiger partial charge < -0.3 is 0 Å². The third-order valence-corrected chi connectivity index (χ3v) is 4.48. The predicted molar refractivity (Wildman–Crippen MR) is 143 cm³/mol. The number of hydrogen-bond donors (Lipinski definition) is 0. The summed E-state index contributed by atoms with van der Waals surface area (Å²) < 4.78 is 0. The molecule has 0 N–H and O–H groups in total. The van der Waals surface area contributed by atoms with Crippen molar-refractivity contribution in [3.05, 3.63) is 169 Å². The zero-order valence-electron chi connectivity index (χ0n) is 20.6. The Morgan fingerprint density at radius 1 is 0.303 bits per heavy atom. The Hall–Kier alpha value is -2.76. The summed E-state index contributed by atoms with van der Waals surface area (Å²) in [6, 6.07) is 32.5. The van der Waals surface area contributed by atoms with Gasteiger partial charge in [0.15, 0.2) is 0 Å². The number of benzene rings is 4. The average Bonchev–Trinajstić information content (AvgIpc) is 2.78. The van der Waals surface area contributed by atoms with E-state index in [0.29, 0.717) is 0 Å². The maximum atomic E-state index is 3.76. The van der Waals surface area contributed by atoms with Crippen molar-refractivity contribution < 1.29 is 26.2 Å². The van der Waals surface area contributed by atoms with Crippen LogP contribution in [0.3, 0.4) is 0 Å². The fourth-order valence-corrected chi connectivity index (χ4v) is 2.35. The van der Waals surface area contributed by atoms with Gasteiger partial charge in [0.2, 0.25) is 0 Å². The Morgan fingerprint density at radius 3 is 0.515 bits per heavy atom. The molecule has 0 atom stereocenters. The minimum Gasteiger partial charge on any atom is -0.199 e. The van der Waals surface area contributed by atoms with Gasteiger partial charge in [-0.15, -0.1) is 48.5 Å². The van der Waals surface area contributed by atoms with Crippen LogP contribution >= 0.6 is 0 Å². The van der Waals surface area contributed by atoms with Gasteiger partial charge in [-0.05, 0) is 27.7 Å². The van der Waals surface area contributed by atoms with Crippen molar-refractivity contribution in [2.24, 2.45) is 0 Å². The van der Waals surface area contributed by atoms with Crippen molar-refractivity contribution in [1.82, 2.24) is 0 Å². The number of aryl methyl sites for hydroxylation is 4. The monoisotopic (exact) mass is 510 g/mol. The van der Waals surface area contributed by atoms with E-state index in [1.807, 2.05) is 48.5 Å². The van der Waals surface area contributed by atoms with Gasteiger partial charge in [-0.3, -0.25) is 0 Å². The topological polar surface area (TPSA) is 0 Å². The van der Waals surface area contributed by atoms with Crippen LogP contribution in [0.1, 0.15) is 44.5 Å². The molecule has 0 nitrogen and oxygen atoms in total. The van der Waals surface area contributed by atoms with Crippen LogP contribution in [0.25, 0.3) is 0 Å². The molecule has 0 heterocycles. The standard InChI is InChI=1S/4C8H9.Zr/c4*1-7-3-5-8(2)6-4-7;/h4*3-6H,1H2,2H3;/q4*-1;+4. The minimum atomic E-state index is 0. The molecule has 4 rings (SSSR count). The first-order valence-electron chi connectivity index (χ1n) is 10.7. The van der Waals surface area contributed by atoms with Gasteiger partial charge in [-0.1, -0.05) is 22.3 Å². The minimum absolute atomic E-state index is 0. The quantitative estimate of drug-likeness (QED) is 0.207. The summed E-state index contributed by atoms with van der Waals surface area (Å²) in [5.41, 5.74) is 9.47. The predicted octanol–water partition coefficient (Wildman–Crippen LogP) is 8.71. The molecule has 168 valence electrons. The molecule has 0 saturated heterocycles. The van der Waals surface area contributed by atoms with Crippen LogP contribution in [-0.2, 0) is 26.2 Å². The first-order valence-corrected chi connectivity index (χ1v) is 10.7. The normalized spacial score (nSPS) is 8.85. The van der Waals surface area contributed by atoms with Crippen LogP contribution in [0.15, 0.2) is 97.1 Å². The molecular formula is C32H36Zr. The van der Waals surface area contributed by atoms with Crippen molar-refractivity contribution in [1.29, 1.82) is 0 Å². The molecule has 0 aliphatic heterocycles. The Kier molecular flexibility index (Phi) is 15.4. The van der Waals surface area contributed by atoms with Gasteiger partial charge in [-0.25, -0.2) is 0 Å². The van der Waals surface area contributed by atoms with Crippen molar-refractivity contribution in [3.63, 3.8) is 0 Å². The second-order valence-electron chi connectivity index (χ2n) is 7.94. The van der Waals surface area contributed by atoms with Crippen LogP contribution in [-0.4, -0.2) is 0 Å². The summed E-state index contributed by atoms with van der Waals surface area (Å²) in [5.74, 6) is 0. The second kappa shape index (κ2) is 16.8. The fraction of sp³-hybridized carbons (Fsp3) is 0.125. The molecule has 0 radical (unpaired) electrons. The van der Waals surface area contributed by atoms with E-state index in [0.717, 1.165) is 22.3 Å². The molecular weight excluding hydrogens is 476 g/mol. The van der Waals surface area contributed by atoms with Gasteiger partial charge in [-0.2, -0.15) is 98.5 Å². The third-order valence-electron chi connectivity index (χ3n) is 4.48. The molecule has 33 heavy (non-hydrogen) atoms. The van der Waals surface area contributed by atoms with Crippen molar-refractivity contribution in [2.75, 3.05) is 0 Å². The van der Waals surface area contributed by atoms with Crippen LogP contribution in [0.4, 0.5) is 0 Å². The van der Waals surface area contributed by atoms with E-state index in [1.165, 1.54) is 22.3 Å². The smallest absolute Gasteiger partial charge is 0.199 e. The van der Waals surface area contributed by atoms with Crippen LogP contribution in [0.5, 0.6) is 0 Å². The molecule has 0 unspecified atom stereocenters. The molecule has 4 aromatic carbocycles. The van der Waals surface area contributed by atoms with E-state index in [1.54, 1.807) is 0 Å². The Bertz CT molecular complexity index is 736. The largest absolute Gasteiger partial charge is 4.00 e. The van der Waals surface area contributed by atoms with Crippen LogP contribution in [0.2, 0.25) is 0 Å². The molecule has 0 aromatic heterocycles. The van der Waals surface area contributed by atoms with E-state index in [2.05, 4.69) is 104 Å². The molecule has 0 fully saturated rings. The Balaban J connectivity index is 0.000000410. The van der Waals surface area contributed by atoms with Crippen LogP contribution < -0.4 is 0 Å². The zero-order chi connectivity index (χ0) is 23.9. The van der Waals surface area contributed by atoms with Gasteiger partial charge in [0.25, 0.3) is 0 Å². The molecule has 0 saturated carbocycles. The Labute approximate surface area is 222 Å².